The molecule has 0 fully saturated rings. The summed E-state index contributed by atoms with van der Waals surface area (Å²) in [6.45, 7) is 6.10. The van der Waals surface area contributed by atoms with E-state index in [1.807, 2.05) is 0 Å². The van der Waals surface area contributed by atoms with Gasteiger partial charge in [-0.05, 0) is 46.8 Å². The van der Waals surface area contributed by atoms with Gasteiger partial charge in [-0.1, -0.05) is 51.9 Å². The molecule has 7 heteroatoms. The lowest BCUT2D eigenvalue weighted by molar-refractivity contribution is 0.0496. The fraction of sp³-hybridized carbons (Fsp3) is 1.00. The van der Waals surface area contributed by atoms with Crippen molar-refractivity contribution in [1.82, 2.24) is 9.80 Å². The Bertz CT molecular complexity index is 323. The Labute approximate surface area is 182 Å². The molecule has 0 heterocycles. The molecule has 0 aromatic rings. The minimum absolute atomic E-state index is 0.658. The van der Waals surface area contributed by atoms with Crippen LogP contribution in [0.1, 0.15) is 64.7 Å². The van der Waals surface area contributed by atoms with Crippen LogP contribution in [0.25, 0.3) is 0 Å². The summed E-state index contributed by atoms with van der Waals surface area (Å²) in [7, 11) is 5.62. The quantitative estimate of drug-likeness (QED) is 0.162. The lowest BCUT2D eigenvalue weighted by atomic mass is 10.1. The van der Waals surface area contributed by atoms with E-state index in [0.717, 1.165) is 44.3 Å². The molecule has 0 atom stereocenters. The molecule has 0 spiro atoms. The van der Waals surface area contributed by atoms with Crippen LogP contribution < -0.4 is 0 Å². The molecule has 170 valence electrons. The maximum absolute atomic E-state index is 6.36. The summed E-state index contributed by atoms with van der Waals surface area (Å²) in [4.78, 5) is 4.27. The zero-order chi connectivity index (χ0) is 21.1. The van der Waals surface area contributed by atoms with E-state index >= 15 is 0 Å². The van der Waals surface area contributed by atoms with E-state index in [1.165, 1.54) is 44.9 Å². The first-order chi connectivity index (χ1) is 13.5. The van der Waals surface area contributed by atoms with Gasteiger partial charge in [-0.2, -0.15) is 12.6 Å². The fourth-order valence-electron chi connectivity index (χ4n) is 2.87. The first-order valence-electron chi connectivity index (χ1n) is 11.3. The third kappa shape index (κ3) is 17.2. The molecule has 0 saturated carbocycles. The predicted octanol–water partition coefficient (Wildman–Crippen LogP) is 4.56. The number of hydrogen-bond acceptors (Lipinski definition) is 6. The molecule has 0 aliphatic heterocycles. The lowest BCUT2D eigenvalue weighted by Gasteiger charge is -2.31. The van der Waals surface area contributed by atoms with Gasteiger partial charge >= 0.3 is 8.80 Å². The maximum atomic E-state index is 6.36. The second kappa shape index (κ2) is 19.3. The van der Waals surface area contributed by atoms with Crippen molar-refractivity contribution in [3.05, 3.63) is 0 Å². The van der Waals surface area contributed by atoms with Gasteiger partial charge in [0.25, 0.3) is 0 Å². The van der Waals surface area contributed by atoms with Crippen molar-refractivity contribution in [1.29, 1.82) is 0 Å². The summed E-state index contributed by atoms with van der Waals surface area (Å²) < 4.78 is 19.0. The Hall–Kier alpha value is 0.367. The van der Waals surface area contributed by atoms with Gasteiger partial charge < -0.3 is 23.1 Å². The number of rotatable bonds is 21. The van der Waals surface area contributed by atoms with Gasteiger partial charge in [-0.3, -0.25) is 0 Å². The van der Waals surface area contributed by atoms with Crippen LogP contribution in [0.5, 0.6) is 0 Å². The number of nitrogens with zero attached hydrogens (tertiary/aromatic N) is 2. The molecule has 0 aliphatic carbocycles. The average molecular weight is 437 g/mol. The highest BCUT2D eigenvalue weighted by Crippen LogP contribution is 2.20. The number of thiol groups is 1. The van der Waals surface area contributed by atoms with Crippen molar-refractivity contribution in [2.45, 2.75) is 70.8 Å². The van der Waals surface area contributed by atoms with Crippen molar-refractivity contribution in [3.8, 4) is 0 Å². The van der Waals surface area contributed by atoms with Crippen molar-refractivity contribution in [3.63, 3.8) is 0 Å². The van der Waals surface area contributed by atoms with E-state index in [4.69, 9.17) is 13.3 Å². The van der Waals surface area contributed by atoms with Gasteiger partial charge in [-0.25, -0.2) is 0 Å². The molecule has 0 N–H and O–H groups in total. The zero-order valence-electron chi connectivity index (χ0n) is 19.4. The second-order valence-corrected chi connectivity index (χ2v) is 11.3. The minimum atomic E-state index is -2.64. The number of likely N-dealkylation sites (N-methyl/N-ethyl adjacent to an activating group) is 2. The standard InChI is InChI=1S/C21H48N2O3SSi/c1-6-7-8-9-10-11-12-13-17-24-28(21-14-20-27,25-18-15-22(2)3)26-19-16-23(4)5/h27H,6-21H2,1-5H3. The molecule has 0 aliphatic rings. The lowest BCUT2D eigenvalue weighted by Crippen LogP contribution is -2.48. The van der Waals surface area contributed by atoms with Crippen LogP contribution in [0, 0.1) is 0 Å². The SMILES string of the molecule is CCCCCCCCCCO[Si](CCCS)(OCCN(C)C)OCCN(C)C. The van der Waals surface area contributed by atoms with Gasteiger partial charge in [0.05, 0.1) is 13.2 Å². The Morgan fingerprint density at radius 1 is 0.643 bits per heavy atom. The van der Waals surface area contributed by atoms with Gasteiger partial charge in [0, 0.05) is 25.7 Å². The highest BCUT2D eigenvalue weighted by molar-refractivity contribution is 7.80. The van der Waals surface area contributed by atoms with Gasteiger partial charge in [0.2, 0.25) is 0 Å². The molecule has 28 heavy (non-hydrogen) atoms. The Morgan fingerprint density at radius 3 is 1.57 bits per heavy atom. The molecule has 0 bridgehead atoms. The highest BCUT2D eigenvalue weighted by atomic mass is 32.1. The molecular weight excluding hydrogens is 388 g/mol. The van der Waals surface area contributed by atoms with Crippen LogP contribution in [-0.4, -0.2) is 85.5 Å². The van der Waals surface area contributed by atoms with Crippen LogP contribution in [0.4, 0.5) is 0 Å². The summed E-state index contributed by atoms with van der Waals surface area (Å²) in [5, 5.41) is 0. The largest absolute Gasteiger partial charge is 0.501 e. The minimum Gasteiger partial charge on any atom is -0.373 e. The number of hydrogen-bond donors (Lipinski definition) is 1. The normalized spacial score (nSPS) is 12.4. The zero-order valence-corrected chi connectivity index (χ0v) is 21.3. The highest BCUT2D eigenvalue weighted by Gasteiger charge is 2.40. The van der Waals surface area contributed by atoms with Gasteiger partial charge in [0.1, 0.15) is 0 Å². The molecule has 0 rings (SSSR count). The van der Waals surface area contributed by atoms with Crippen LogP contribution in [0.3, 0.4) is 0 Å². The summed E-state index contributed by atoms with van der Waals surface area (Å²) in [6.07, 6.45) is 11.4. The molecule has 0 aromatic heterocycles. The Morgan fingerprint density at radius 2 is 1.11 bits per heavy atom. The van der Waals surface area contributed by atoms with Crippen LogP contribution >= 0.6 is 12.6 Å². The topological polar surface area (TPSA) is 34.2 Å². The van der Waals surface area contributed by atoms with E-state index < -0.39 is 8.80 Å². The molecule has 0 unspecified atom stereocenters. The van der Waals surface area contributed by atoms with E-state index in [1.54, 1.807) is 0 Å². The Kier molecular flexibility index (Phi) is 19.6. The van der Waals surface area contributed by atoms with Crippen molar-refractivity contribution in [2.24, 2.45) is 0 Å². The van der Waals surface area contributed by atoms with Gasteiger partial charge in [-0.15, -0.1) is 0 Å². The maximum Gasteiger partial charge on any atom is 0.501 e. The van der Waals surface area contributed by atoms with Crippen LogP contribution in [0.2, 0.25) is 6.04 Å². The van der Waals surface area contributed by atoms with Crippen molar-refractivity contribution >= 4 is 21.4 Å². The third-order valence-corrected chi connectivity index (χ3v) is 7.90. The van der Waals surface area contributed by atoms with Crippen molar-refractivity contribution in [2.75, 3.05) is 66.9 Å². The van der Waals surface area contributed by atoms with E-state index in [-0.39, 0.29) is 0 Å². The first-order valence-corrected chi connectivity index (χ1v) is 13.8. The smallest absolute Gasteiger partial charge is 0.373 e. The summed E-state index contributed by atoms with van der Waals surface area (Å²) in [6, 6.07) is 0.856. The molecule has 0 radical (unpaired) electrons. The van der Waals surface area contributed by atoms with Gasteiger partial charge in [0.15, 0.2) is 0 Å². The van der Waals surface area contributed by atoms with E-state index in [9.17, 15) is 0 Å². The monoisotopic (exact) mass is 436 g/mol. The molecule has 0 amide bonds. The summed E-state index contributed by atoms with van der Waals surface area (Å²) >= 11 is 4.39. The first kappa shape index (κ1) is 28.4. The van der Waals surface area contributed by atoms with E-state index in [2.05, 4.69) is 57.5 Å². The molecule has 0 aromatic carbocycles. The van der Waals surface area contributed by atoms with Crippen LogP contribution in [0.15, 0.2) is 0 Å². The predicted molar refractivity (Wildman–Crippen MR) is 127 cm³/mol. The fourth-order valence-corrected chi connectivity index (χ4v) is 5.88. The Balaban J connectivity index is 4.42. The van der Waals surface area contributed by atoms with Crippen LogP contribution in [-0.2, 0) is 13.3 Å². The number of unbranched alkanes of at least 4 members (excludes halogenated alkanes) is 7. The summed E-state index contributed by atoms with van der Waals surface area (Å²) in [5.41, 5.74) is 0. The molecule has 0 saturated heterocycles. The second-order valence-electron chi connectivity index (χ2n) is 8.14. The molecule has 5 nitrogen and oxygen atoms in total. The average Bonchev–Trinajstić information content (AvgIpc) is 2.64. The van der Waals surface area contributed by atoms with E-state index in [0.29, 0.717) is 13.2 Å². The third-order valence-electron chi connectivity index (χ3n) is 4.68. The van der Waals surface area contributed by atoms with Crippen molar-refractivity contribution < 1.29 is 13.3 Å². The summed E-state index contributed by atoms with van der Waals surface area (Å²) in [5.74, 6) is 0.837. The molecular formula is C21H48N2O3SSi.